The van der Waals surface area contributed by atoms with Crippen molar-refractivity contribution in [2.75, 3.05) is 29.8 Å². The normalized spacial score (nSPS) is 16.6. The van der Waals surface area contributed by atoms with E-state index in [-0.39, 0.29) is 10.9 Å². The molecule has 8 heteroatoms. The lowest BCUT2D eigenvalue weighted by Gasteiger charge is -2.35. The zero-order chi connectivity index (χ0) is 22.0. The van der Waals surface area contributed by atoms with E-state index in [0.29, 0.717) is 18.0 Å². The number of benzene rings is 2. The first-order chi connectivity index (χ1) is 14.9. The molecular formula is C23H25N3O3S2. The molecule has 0 aliphatic carbocycles. The monoisotopic (exact) mass is 455 g/mol. The van der Waals surface area contributed by atoms with Gasteiger partial charge in [0.15, 0.2) is 0 Å². The van der Waals surface area contributed by atoms with Crippen molar-refractivity contribution in [2.24, 2.45) is 0 Å². The molecule has 2 heterocycles. The molecule has 162 valence electrons. The summed E-state index contributed by atoms with van der Waals surface area (Å²) in [6, 6.07) is 16.6. The molecule has 2 N–H and O–H groups in total. The van der Waals surface area contributed by atoms with E-state index in [9.17, 15) is 8.42 Å². The predicted molar refractivity (Wildman–Crippen MR) is 128 cm³/mol. The summed E-state index contributed by atoms with van der Waals surface area (Å²) in [6.07, 6.45) is 0. The molecule has 0 bridgehead atoms. The van der Waals surface area contributed by atoms with Crippen LogP contribution in [0.15, 0.2) is 77.1 Å². The molecule has 0 spiro atoms. The zero-order valence-corrected chi connectivity index (χ0v) is 19.1. The maximum atomic E-state index is 13.1. The van der Waals surface area contributed by atoms with Gasteiger partial charge in [-0.1, -0.05) is 24.8 Å². The van der Waals surface area contributed by atoms with Crippen molar-refractivity contribution in [2.45, 2.75) is 17.9 Å². The molecule has 1 atom stereocenters. The van der Waals surface area contributed by atoms with Gasteiger partial charge in [-0.05, 0) is 54.3 Å². The number of piperazine rings is 1. The second-order valence-corrected chi connectivity index (χ2v) is 10.2. The summed E-state index contributed by atoms with van der Waals surface area (Å²) in [6.45, 7) is 7.57. The summed E-state index contributed by atoms with van der Waals surface area (Å²) in [5.74, 6) is 0.463. The Labute approximate surface area is 187 Å². The van der Waals surface area contributed by atoms with Crippen LogP contribution in [0.4, 0.5) is 11.4 Å². The van der Waals surface area contributed by atoms with Gasteiger partial charge in [0.25, 0.3) is 10.0 Å². The summed E-state index contributed by atoms with van der Waals surface area (Å²) in [5.41, 5.74) is 3.23. The number of ether oxygens (including phenoxy) is 1. The molecule has 2 aromatic carbocycles. The van der Waals surface area contributed by atoms with Gasteiger partial charge in [0.2, 0.25) is 0 Å². The van der Waals surface area contributed by atoms with Gasteiger partial charge in [-0.2, -0.15) is 0 Å². The average Bonchev–Trinajstić information content (AvgIpc) is 3.28. The Morgan fingerprint density at radius 2 is 1.97 bits per heavy atom. The molecule has 0 unspecified atom stereocenters. The molecule has 31 heavy (non-hydrogen) atoms. The Morgan fingerprint density at radius 3 is 2.61 bits per heavy atom. The molecule has 0 saturated carbocycles. The van der Waals surface area contributed by atoms with Gasteiger partial charge in [0.1, 0.15) is 5.75 Å². The highest BCUT2D eigenvalue weighted by Gasteiger charge is 2.21. The number of nitrogens with one attached hydrogen (secondary N) is 2. The van der Waals surface area contributed by atoms with Gasteiger partial charge in [-0.3, -0.25) is 4.72 Å². The third kappa shape index (κ3) is 4.70. The Hall–Kier alpha value is -2.97. The Bertz CT molecular complexity index is 1170. The fourth-order valence-corrected chi connectivity index (χ4v) is 5.47. The number of hydrogen-bond acceptors (Lipinski definition) is 6. The lowest BCUT2D eigenvalue weighted by Crippen LogP contribution is -2.47. The minimum absolute atomic E-state index is 0.199. The number of anilines is 2. The number of sulfonamides is 1. The van der Waals surface area contributed by atoms with E-state index in [2.05, 4.69) is 28.4 Å². The van der Waals surface area contributed by atoms with E-state index in [4.69, 9.17) is 4.74 Å². The van der Waals surface area contributed by atoms with Crippen LogP contribution in [0.1, 0.15) is 6.92 Å². The Balaban J connectivity index is 1.60. The van der Waals surface area contributed by atoms with Gasteiger partial charge in [-0.25, -0.2) is 8.42 Å². The third-order valence-corrected chi connectivity index (χ3v) is 7.39. The Kier molecular flexibility index (Phi) is 5.93. The van der Waals surface area contributed by atoms with Gasteiger partial charge >= 0.3 is 0 Å². The molecule has 6 nitrogen and oxygen atoms in total. The average molecular weight is 456 g/mol. The predicted octanol–water partition coefficient (Wildman–Crippen LogP) is 4.54. The SMILES string of the molecule is C=C1CN(c2ccc(OC)c(NS(=O)(=O)c3ccc(-c4cccs4)cc3)c2)C[C@@H](C)N1. The van der Waals surface area contributed by atoms with Crippen molar-refractivity contribution in [3.8, 4) is 16.2 Å². The molecule has 0 amide bonds. The quantitative estimate of drug-likeness (QED) is 0.571. The van der Waals surface area contributed by atoms with Crippen LogP contribution < -0.4 is 19.7 Å². The summed E-state index contributed by atoms with van der Waals surface area (Å²) >= 11 is 1.62. The maximum Gasteiger partial charge on any atom is 0.262 e. The molecule has 1 aromatic heterocycles. The van der Waals surface area contributed by atoms with Crippen LogP contribution >= 0.6 is 11.3 Å². The molecule has 1 fully saturated rings. The number of thiophene rings is 1. The number of methoxy groups -OCH3 is 1. The largest absolute Gasteiger partial charge is 0.495 e. The van der Waals surface area contributed by atoms with Crippen molar-refractivity contribution in [3.63, 3.8) is 0 Å². The van der Waals surface area contributed by atoms with Gasteiger partial charge < -0.3 is 15.0 Å². The smallest absolute Gasteiger partial charge is 0.262 e. The van der Waals surface area contributed by atoms with Crippen molar-refractivity contribution in [1.29, 1.82) is 0 Å². The highest BCUT2D eigenvalue weighted by atomic mass is 32.2. The number of nitrogens with zero attached hydrogens (tertiary/aromatic N) is 1. The van der Waals surface area contributed by atoms with E-state index in [0.717, 1.165) is 28.4 Å². The lowest BCUT2D eigenvalue weighted by molar-refractivity contribution is 0.417. The molecule has 0 radical (unpaired) electrons. The van der Waals surface area contributed by atoms with Gasteiger partial charge in [0.05, 0.1) is 24.2 Å². The van der Waals surface area contributed by atoms with Crippen molar-refractivity contribution < 1.29 is 13.2 Å². The molecule has 1 saturated heterocycles. The summed E-state index contributed by atoms with van der Waals surface area (Å²) < 4.78 is 34.2. The van der Waals surface area contributed by atoms with Crippen LogP contribution in [0, 0.1) is 0 Å². The molecular weight excluding hydrogens is 430 g/mol. The standard InChI is InChI=1S/C23H25N3O3S2/c1-16-14-26(15-17(2)24-16)19-8-11-22(29-3)21(13-19)25-31(27,28)20-9-6-18(7-10-20)23-5-4-12-30-23/h4-13,17,24-25H,1,14-15H2,2-3H3/t17-/m1/s1. The number of hydrogen-bond donors (Lipinski definition) is 2. The van der Waals surface area contributed by atoms with Crippen molar-refractivity contribution in [3.05, 3.63) is 72.3 Å². The maximum absolute atomic E-state index is 13.1. The topological polar surface area (TPSA) is 70.7 Å². The van der Waals surface area contributed by atoms with Crippen LogP contribution in [-0.4, -0.2) is 34.7 Å². The van der Waals surface area contributed by atoms with Crippen LogP contribution in [0.5, 0.6) is 5.75 Å². The first-order valence-corrected chi connectivity index (χ1v) is 12.3. The summed E-state index contributed by atoms with van der Waals surface area (Å²) in [4.78, 5) is 3.46. The van der Waals surface area contributed by atoms with E-state index in [1.54, 1.807) is 29.5 Å². The van der Waals surface area contributed by atoms with Crippen LogP contribution in [0.2, 0.25) is 0 Å². The highest BCUT2D eigenvalue weighted by molar-refractivity contribution is 7.92. The minimum Gasteiger partial charge on any atom is -0.495 e. The molecule has 1 aliphatic heterocycles. The minimum atomic E-state index is -3.78. The first kappa shape index (κ1) is 21.3. The fourth-order valence-electron chi connectivity index (χ4n) is 3.68. The molecule has 3 aromatic rings. The second kappa shape index (κ2) is 8.64. The second-order valence-electron chi connectivity index (χ2n) is 7.52. The van der Waals surface area contributed by atoms with E-state index < -0.39 is 10.0 Å². The highest BCUT2D eigenvalue weighted by Crippen LogP contribution is 2.33. The number of rotatable bonds is 6. The summed E-state index contributed by atoms with van der Waals surface area (Å²) in [5, 5.41) is 5.31. The van der Waals surface area contributed by atoms with Crippen LogP contribution in [0.3, 0.4) is 0 Å². The van der Waals surface area contributed by atoms with E-state index in [1.165, 1.54) is 7.11 Å². The van der Waals surface area contributed by atoms with Crippen molar-refractivity contribution >= 4 is 32.7 Å². The molecule has 1 aliphatic rings. The zero-order valence-electron chi connectivity index (χ0n) is 17.5. The van der Waals surface area contributed by atoms with E-state index >= 15 is 0 Å². The van der Waals surface area contributed by atoms with Crippen LogP contribution in [0.25, 0.3) is 10.4 Å². The van der Waals surface area contributed by atoms with Gasteiger partial charge in [0, 0.05) is 28.8 Å². The fraction of sp³-hybridized carbons (Fsp3) is 0.217. The van der Waals surface area contributed by atoms with E-state index in [1.807, 2.05) is 41.8 Å². The summed E-state index contributed by atoms with van der Waals surface area (Å²) in [7, 11) is -2.25. The Morgan fingerprint density at radius 1 is 1.19 bits per heavy atom. The lowest BCUT2D eigenvalue weighted by atomic mass is 10.1. The van der Waals surface area contributed by atoms with Gasteiger partial charge in [-0.15, -0.1) is 11.3 Å². The van der Waals surface area contributed by atoms with Crippen LogP contribution in [-0.2, 0) is 10.0 Å². The third-order valence-electron chi connectivity index (χ3n) is 5.09. The van der Waals surface area contributed by atoms with Crippen molar-refractivity contribution in [1.82, 2.24) is 5.32 Å². The first-order valence-electron chi connectivity index (χ1n) is 9.90. The molecule has 4 rings (SSSR count).